The van der Waals surface area contributed by atoms with E-state index in [-0.39, 0.29) is 5.44 Å². The Morgan fingerprint density at radius 3 is 2.91 bits per heavy atom. The molecule has 0 bridgehead atoms. The molecule has 116 valence electrons. The van der Waals surface area contributed by atoms with Crippen LogP contribution in [0.2, 0.25) is 0 Å². The van der Waals surface area contributed by atoms with Crippen molar-refractivity contribution in [2.24, 2.45) is 0 Å². The second-order valence-electron chi connectivity index (χ2n) is 4.59. The highest BCUT2D eigenvalue weighted by molar-refractivity contribution is 7.60. The number of ether oxygens (including phenoxy) is 1. The Kier molecular flexibility index (Phi) is 3.75. The maximum absolute atomic E-state index is 11.6. The first-order valence-electron chi connectivity index (χ1n) is 6.28. The van der Waals surface area contributed by atoms with E-state index in [0.717, 1.165) is 0 Å². The van der Waals surface area contributed by atoms with E-state index in [1.165, 1.54) is 17.7 Å². The first-order chi connectivity index (χ1) is 10.5. The number of fused-ring (bicyclic) bond motifs is 1. The van der Waals surface area contributed by atoms with Crippen molar-refractivity contribution < 1.29 is 19.1 Å². The normalized spacial score (nSPS) is 13.6. The van der Waals surface area contributed by atoms with E-state index in [1.54, 1.807) is 18.2 Å². The van der Waals surface area contributed by atoms with Crippen LogP contribution in [-0.4, -0.2) is 46.9 Å². The van der Waals surface area contributed by atoms with Crippen molar-refractivity contribution >= 4 is 18.7 Å². The van der Waals surface area contributed by atoms with E-state index in [0.29, 0.717) is 23.6 Å². The fraction of sp³-hybridized carbons (Fsp3) is 0.273. The third-order valence-electron chi connectivity index (χ3n) is 3.24. The van der Waals surface area contributed by atoms with Crippen LogP contribution in [-0.2, 0) is 15.7 Å². The van der Waals surface area contributed by atoms with Gasteiger partial charge in [0.15, 0.2) is 11.3 Å². The Morgan fingerprint density at radius 1 is 1.45 bits per heavy atom. The summed E-state index contributed by atoms with van der Waals surface area (Å²) in [6.07, 6.45) is 1.01. The summed E-state index contributed by atoms with van der Waals surface area (Å²) in [6.45, 7) is 0. The van der Waals surface area contributed by atoms with Crippen molar-refractivity contribution in [3.63, 3.8) is 0 Å². The number of hydrogen-bond acceptors (Lipinski definition) is 6. The van der Waals surface area contributed by atoms with E-state index in [9.17, 15) is 14.4 Å². The number of pyridine rings is 1. The summed E-state index contributed by atoms with van der Waals surface area (Å²) >= 11 is 0. The maximum Gasteiger partial charge on any atom is 0.374 e. The van der Waals surface area contributed by atoms with Crippen molar-refractivity contribution in [2.75, 3.05) is 7.11 Å². The van der Waals surface area contributed by atoms with Gasteiger partial charge in [-0.25, -0.2) is 10.1 Å². The number of aromatic nitrogens is 6. The van der Waals surface area contributed by atoms with Gasteiger partial charge in [-0.3, -0.25) is 8.97 Å². The molecular formula is C11H13N6O4P. The minimum Gasteiger partial charge on any atom is -0.373 e. The average Bonchev–Trinajstić information content (AvgIpc) is 3.13. The molecular weight excluding hydrogens is 311 g/mol. The number of hydrogen-bond donors (Lipinski definition) is 3. The van der Waals surface area contributed by atoms with E-state index >= 15 is 0 Å². The Hall–Kier alpha value is -2.13. The van der Waals surface area contributed by atoms with Crippen molar-refractivity contribution in [2.45, 2.75) is 12.5 Å². The molecule has 0 aliphatic carbocycles. The average molecular weight is 324 g/mol. The highest BCUT2D eigenvalue weighted by atomic mass is 31.2. The molecule has 0 aromatic carbocycles. The number of H-pyrrole nitrogens is 1. The Balaban J connectivity index is 2.07. The monoisotopic (exact) mass is 324 g/mol. The molecule has 11 heteroatoms. The number of tetrazole rings is 1. The molecule has 0 aliphatic rings. The highest BCUT2D eigenvalue weighted by Crippen LogP contribution is 2.34. The Labute approximate surface area is 124 Å². The van der Waals surface area contributed by atoms with Crippen LogP contribution in [0.5, 0.6) is 0 Å². The van der Waals surface area contributed by atoms with Crippen LogP contribution in [0.3, 0.4) is 0 Å². The summed E-state index contributed by atoms with van der Waals surface area (Å²) in [5.41, 5.74) is 0.904. The van der Waals surface area contributed by atoms with Gasteiger partial charge in [0.05, 0.1) is 6.20 Å². The highest BCUT2D eigenvalue weighted by Gasteiger charge is 2.25. The van der Waals surface area contributed by atoms with Crippen LogP contribution in [0.25, 0.3) is 5.65 Å². The third-order valence-corrected chi connectivity index (χ3v) is 4.15. The first-order valence-corrected chi connectivity index (χ1v) is 7.90. The fourth-order valence-electron chi connectivity index (χ4n) is 2.24. The fourth-order valence-corrected chi connectivity index (χ4v) is 2.94. The zero-order valence-electron chi connectivity index (χ0n) is 11.5. The zero-order chi connectivity index (χ0) is 15.7. The van der Waals surface area contributed by atoms with Crippen molar-refractivity contribution in [3.05, 3.63) is 35.9 Å². The quantitative estimate of drug-likeness (QED) is 0.538. The molecule has 0 amide bonds. The van der Waals surface area contributed by atoms with Gasteiger partial charge >= 0.3 is 7.60 Å². The van der Waals surface area contributed by atoms with E-state index in [4.69, 9.17) is 4.74 Å². The van der Waals surface area contributed by atoms with Gasteiger partial charge in [-0.2, -0.15) is 0 Å². The molecule has 0 radical (unpaired) electrons. The van der Waals surface area contributed by atoms with Crippen LogP contribution < -0.4 is 5.44 Å². The number of imidazole rings is 1. The summed E-state index contributed by atoms with van der Waals surface area (Å²) in [5.74, 6) is 0.428. The van der Waals surface area contributed by atoms with Crippen LogP contribution in [0, 0.1) is 0 Å². The summed E-state index contributed by atoms with van der Waals surface area (Å²) in [6, 6.07) is 5.16. The molecule has 1 atom stereocenters. The molecule has 3 aromatic heterocycles. The summed E-state index contributed by atoms with van der Waals surface area (Å²) < 4.78 is 18.4. The molecule has 3 aromatic rings. The summed E-state index contributed by atoms with van der Waals surface area (Å²) in [7, 11) is -2.94. The van der Waals surface area contributed by atoms with Gasteiger partial charge in [-0.05, 0) is 22.6 Å². The standard InChI is InChI=1S/C11H13N6O4P/c1-21-8(11-13-15-16-14-11)5-7-3-2-4-9-12-6-10(17(7)9)22(18,19)20/h2-4,6,8H,5H2,1H3,(H2,18,19,20)(H,13,14,15,16). The molecule has 3 rings (SSSR count). The molecule has 3 N–H and O–H groups in total. The zero-order valence-corrected chi connectivity index (χ0v) is 12.4. The summed E-state index contributed by atoms with van der Waals surface area (Å²) in [4.78, 5) is 22.9. The third kappa shape index (κ3) is 2.64. The van der Waals surface area contributed by atoms with Crippen molar-refractivity contribution in [1.82, 2.24) is 30.0 Å². The second-order valence-corrected chi connectivity index (χ2v) is 6.13. The van der Waals surface area contributed by atoms with Gasteiger partial charge in [0.2, 0.25) is 0 Å². The topological polar surface area (TPSA) is 139 Å². The molecule has 10 nitrogen and oxygen atoms in total. The molecule has 22 heavy (non-hydrogen) atoms. The minimum absolute atomic E-state index is 0.163. The first kappa shape index (κ1) is 14.8. The lowest BCUT2D eigenvalue weighted by Gasteiger charge is -2.14. The second kappa shape index (κ2) is 5.58. The van der Waals surface area contributed by atoms with Crippen molar-refractivity contribution in [3.8, 4) is 0 Å². The van der Waals surface area contributed by atoms with E-state index < -0.39 is 13.7 Å². The molecule has 3 heterocycles. The van der Waals surface area contributed by atoms with Crippen molar-refractivity contribution in [1.29, 1.82) is 0 Å². The largest absolute Gasteiger partial charge is 0.374 e. The number of methoxy groups -OCH3 is 1. The molecule has 0 saturated heterocycles. The van der Waals surface area contributed by atoms with Crippen LogP contribution in [0.1, 0.15) is 17.6 Å². The minimum atomic E-state index is -4.44. The Morgan fingerprint density at radius 2 is 2.27 bits per heavy atom. The number of nitrogens with zero attached hydrogens (tertiary/aromatic N) is 5. The van der Waals surface area contributed by atoms with Gasteiger partial charge in [-0.15, -0.1) is 5.10 Å². The smallest absolute Gasteiger partial charge is 0.373 e. The lowest BCUT2D eigenvalue weighted by molar-refractivity contribution is 0.0951. The van der Waals surface area contributed by atoms with Gasteiger partial charge in [0.1, 0.15) is 11.8 Å². The lowest BCUT2D eigenvalue weighted by Crippen LogP contribution is -2.17. The molecule has 0 saturated carbocycles. The molecule has 1 unspecified atom stereocenters. The van der Waals surface area contributed by atoms with E-state index in [2.05, 4.69) is 25.6 Å². The maximum atomic E-state index is 11.6. The lowest BCUT2D eigenvalue weighted by atomic mass is 10.1. The Bertz CT molecular complexity index is 826. The molecule has 0 aliphatic heterocycles. The van der Waals surface area contributed by atoms with Crippen LogP contribution >= 0.6 is 7.60 Å². The van der Waals surface area contributed by atoms with Gasteiger partial charge in [0.25, 0.3) is 0 Å². The predicted octanol–water partition coefficient (Wildman–Crippen LogP) is -0.419. The number of nitrogens with one attached hydrogen (secondary N) is 1. The van der Waals surface area contributed by atoms with Crippen LogP contribution in [0.4, 0.5) is 0 Å². The van der Waals surface area contributed by atoms with Gasteiger partial charge in [0, 0.05) is 19.2 Å². The van der Waals surface area contributed by atoms with Gasteiger partial charge in [-0.1, -0.05) is 6.07 Å². The number of rotatable bonds is 5. The predicted molar refractivity (Wildman–Crippen MR) is 74.5 cm³/mol. The van der Waals surface area contributed by atoms with Crippen LogP contribution in [0.15, 0.2) is 24.4 Å². The van der Waals surface area contributed by atoms with Gasteiger partial charge < -0.3 is 14.5 Å². The van der Waals surface area contributed by atoms with E-state index in [1.807, 2.05) is 0 Å². The SMILES string of the molecule is COC(Cc1cccc2ncc(P(=O)(O)O)n12)c1nnn[nH]1. The summed E-state index contributed by atoms with van der Waals surface area (Å²) in [5, 5.41) is 13.4. The number of aromatic amines is 1. The molecule has 0 spiro atoms. The molecule has 0 fully saturated rings.